The normalized spacial score (nSPS) is 11.2. The SMILES string of the molecule is CCn1cc(NC(=O)/C=C/c2cnn(C)c2)c(C(=O)NCC(C)C)n1. The minimum absolute atomic E-state index is 0.214. The van der Waals surface area contributed by atoms with E-state index in [9.17, 15) is 9.59 Å². The summed E-state index contributed by atoms with van der Waals surface area (Å²) in [6.07, 6.45) is 8.16. The zero-order chi connectivity index (χ0) is 18.4. The zero-order valence-corrected chi connectivity index (χ0v) is 15.0. The number of aromatic nitrogens is 4. The van der Waals surface area contributed by atoms with Crippen molar-refractivity contribution in [1.82, 2.24) is 24.9 Å². The van der Waals surface area contributed by atoms with Crippen LogP contribution >= 0.6 is 0 Å². The van der Waals surface area contributed by atoms with Crippen molar-refractivity contribution in [3.8, 4) is 0 Å². The van der Waals surface area contributed by atoms with Crippen LogP contribution in [0.3, 0.4) is 0 Å². The lowest BCUT2D eigenvalue weighted by Crippen LogP contribution is -2.28. The summed E-state index contributed by atoms with van der Waals surface area (Å²) in [5, 5.41) is 13.8. The van der Waals surface area contributed by atoms with Crippen LogP contribution in [0.25, 0.3) is 6.08 Å². The van der Waals surface area contributed by atoms with Crippen molar-refractivity contribution in [2.75, 3.05) is 11.9 Å². The van der Waals surface area contributed by atoms with E-state index < -0.39 is 0 Å². The molecule has 0 unspecified atom stereocenters. The number of carbonyl (C=O) groups is 2. The summed E-state index contributed by atoms with van der Waals surface area (Å²) in [6, 6.07) is 0. The summed E-state index contributed by atoms with van der Waals surface area (Å²) in [4.78, 5) is 24.4. The molecule has 0 saturated carbocycles. The summed E-state index contributed by atoms with van der Waals surface area (Å²) in [6.45, 7) is 7.09. The van der Waals surface area contributed by atoms with Crippen LogP contribution in [0.1, 0.15) is 36.8 Å². The molecule has 8 nitrogen and oxygen atoms in total. The first-order valence-electron chi connectivity index (χ1n) is 8.22. The first-order valence-corrected chi connectivity index (χ1v) is 8.22. The van der Waals surface area contributed by atoms with Gasteiger partial charge in [-0.1, -0.05) is 13.8 Å². The Kier molecular flexibility index (Phi) is 6.10. The van der Waals surface area contributed by atoms with Gasteiger partial charge in [-0.3, -0.25) is 19.0 Å². The molecule has 2 aromatic rings. The molecule has 0 radical (unpaired) electrons. The number of nitrogens with zero attached hydrogens (tertiary/aromatic N) is 4. The van der Waals surface area contributed by atoms with Gasteiger partial charge in [-0.2, -0.15) is 10.2 Å². The minimum atomic E-state index is -0.336. The summed E-state index contributed by atoms with van der Waals surface area (Å²) >= 11 is 0. The molecule has 2 heterocycles. The Balaban J connectivity index is 2.09. The van der Waals surface area contributed by atoms with Crippen molar-refractivity contribution in [3.63, 3.8) is 0 Å². The maximum atomic E-state index is 12.3. The standard InChI is InChI=1S/C17H24N6O2/c1-5-23-11-14(16(21-23)17(25)18-8-12(2)3)20-15(24)7-6-13-9-19-22(4)10-13/h6-7,9-12H,5,8H2,1-4H3,(H,18,25)(H,20,24)/b7-6+. The number of anilines is 1. The highest BCUT2D eigenvalue weighted by Gasteiger charge is 2.17. The van der Waals surface area contributed by atoms with Gasteiger partial charge in [-0.05, 0) is 18.9 Å². The van der Waals surface area contributed by atoms with Gasteiger partial charge < -0.3 is 10.6 Å². The Labute approximate surface area is 146 Å². The van der Waals surface area contributed by atoms with E-state index in [1.807, 2.05) is 20.8 Å². The molecule has 2 aromatic heterocycles. The van der Waals surface area contributed by atoms with Crippen LogP contribution in [0.4, 0.5) is 5.69 Å². The minimum Gasteiger partial charge on any atom is -0.350 e. The van der Waals surface area contributed by atoms with Gasteiger partial charge in [0.1, 0.15) is 0 Å². The van der Waals surface area contributed by atoms with E-state index >= 15 is 0 Å². The van der Waals surface area contributed by atoms with Crippen LogP contribution in [0, 0.1) is 5.92 Å². The van der Waals surface area contributed by atoms with Gasteiger partial charge in [-0.15, -0.1) is 0 Å². The number of rotatable bonds is 7. The first-order chi connectivity index (χ1) is 11.9. The molecule has 134 valence electrons. The van der Waals surface area contributed by atoms with E-state index in [4.69, 9.17) is 0 Å². The lowest BCUT2D eigenvalue weighted by molar-refractivity contribution is -0.111. The smallest absolute Gasteiger partial charge is 0.273 e. The molecule has 2 N–H and O–H groups in total. The molecule has 0 spiro atoms. The number of amides is 2. The Morgan fingerprint density at radius 1 is 1.32 bits per heavy atom. The van der Waals surface area contributed by atoms with Crippen molar-refractivity contribution in [3.05, 3.63) is 35.9 Å². The Morgan fingerprint density at radius 3 is 2.68 bits per heavy atom. The average molecular weight is 344 g/mol. The Bertz CT molecular complexity index is 772. The lowest BCUT2D eigenvalue weighted by atomic mass is 10.2. The van der Waals surface area contributed by atoms with E-state index in [0.717, 1.165) is 5.56 Å². The number of nitrogens with one attached hydrogen (secondary N) is 2. The third kappa shape index (κ3) is 5.30. The van der Waals surface area contributed by atoms with Crippen LogP contribution in [-0.4, -0.2) is 37.9 Å². The fraction of sp³-hybridized carbons (Fsp3) is 0.412. The summed E-state index contributed by atoms with van der Waals surface area (Å²) in [7, 11) is 1.80. The fourth-order valence-electron chi connectivity index (χ4n) is 2.10. The van der Waals surface area contributed by atoms with Gasteiger partial charge in [0, 0.05) is 44.2 Å². The second-order valence-electron chi connectivity index (χ2n) is 6.12. The van der Waals surface area contributed by atoms with Gasteiger partial charge in [0.2, 0.25) is 5.91 Å². The molecule has 0 atom stereocenters. The highest BCUT2D eigenvalue weighted by Crippen LogP contribution is 2.14. The Morgan fingerprint density at radius 2 is 2.08 bits per heavy atom. The number of aryl methyl sites for hydroxylation is 2. The topological polar surface area (TPSA) is 93.8 Å². The van der Waals surface area contributed by atoms with Gasteiger partial charge in [0.15, 0.2) is 5.69 Å². The average Bonchev–Trinajstić information content (AvgIpc) is 3.16. The van der Waals surface area contributed by atoms with Crippen molar-refractivity contribution in [2.45, 2.75) is 27.3 Å². The van der Waals surface area contributed by atoms with Gasteiger partial charge >= 0.3 is 0 Å². The van der Waals surface area contributed by atoms with Crippen molar-refractivity contribution in [1.29, 1.82) is 0 Å². The van der Waals surface area contributed by atoms with Crippen LogP contribution < -0.4 is 10.6 Å². The molecule has 0 aliphatic rings. The molecule has 0 bridgehead atoms. The molecule has 0 aliphatic carbocycles. The van der Waals surface area contributed by atoms with Crippen molar-refractivity contribution in [2.24, 2.45) is 13.0 Å². The van der Waals surface area contributed by atoms with Crippen LogP contribution in [0.2, 0.25) is 0 Å². The molecule has 0 aliphatic heterocycles. The molecule has 2 amide bonds. The molecule has 0 saturated heterocycles. The van der Waals surface area contributed by atoms with Gasteiger partial charge in [-0.25, -0.2) is 0 Å². The highest BCUT2D eigenvalue weighted by molar-refractivity contribution is 6.06. The van der Waals surface area contributed by atoms with E-state index in [-0.39, 0.29) is 17.5 Å². The van der Waals surface area contributed by atoms with E-state index in [1.54, 1.807) is 41.1 Å². The second-order valence-corrected chi connectivity index (χ2v) is 6.12. The maximum Gasteiger partial charge on any atom is 0.273 e. The summed E-state index contributed by atoms with van der Waals surface area (Å²) in [5.41, 5.74) is 1.42. The van der Waals surface area contributed by atoms with Crippen molar-refractivity contribution >= 4 is 23.6 Å². The van der Waals surface area contributed by atoms with E-state index in [1.165, 1.54) is 6.08 Å². The fourth-order valence-corrected chi connectivity index (χ4v) is 2.10. The molecular weight excluding hydrogens is 320 g/mol. The molecule has 25 heavy (non-hydrogen) atoms. The van der Waals surface area contributed by atoms with Crippen LogP contribution in [0.15, 0.2) is 24.7 Å². The third-order valence-electron chi connectivity index (χ3n) is 3.38. The molecule has 0 fully saturated rings. The molecule has 8 heteroatoms. The predicted octanol–water partition coefficient (Wildman–Crippen LogP) is 1.67. The number of hydrogen-bond donors (Lipinski definition) is 2. The first kappa shape index (κ1) is 18.4. The lowest BCUT2D eigenvalue weighted by Gasteiger charge is -2.07. The number of carbonyl (C=O) groups excluding carboxylic acids is 2. The monoisotopic (exact) mass is 344 g/mol. The highest BCUT2D eigenvalue weighted by atomic mass is 16.2. The van der Waals surface area contributed by atoms with Gasteiger partial charge in [0.05, 0.1) is 11.9 Å². The quantitative estimate of drug-likeness (QED) is 0.747. The second kappa shape index (κ2) is 8.27. The zero-order valence-electron chi connectivity index (χ0n) is 15.0. The predicted molar refractivity (Wildman–Crippen MR) is 95.9 cm³/mol. The molecular formula is C17H24N6O2. The van der Waals surface area contributed by atoms with Crippen molar-refractivity contribution < 1.29 is 9.59 Å². The van der Waals surface area contributed by atoms with Crippen LogP contribution in [0.5, 0.6) is 0 Å². The summed E-state index contributed by atoms with van der Waals surface area (Å²) < 4.78 is 3.27. The molecule has 0 aromatic carbocycles. The molecule has 2 rings (SSSR count). The summed E-state index contributed by atoms with van der Waals surface area (Å²) in [5.74, 6) is -0.303. The van der Waals surface area contributed by atoms with Crippen LogP contribution in [-0.2, 0) is 18.4 Å². The van der Waals surface area contributed by atoms with Gasteiger partial charge in [0.25, 0.3) is 5.91 Å². The van der Waals surface area contributed by atoms with E-state index in [0.29, 0.717) is 24.7 Å². The van der Waals surface area contributed by atoms with E-state index in [2.05, 4.69) is 20.8 Å². The largest absolute Gasteiger partial charge is 0.350 e. The number of hydrogen-bond acceptors (Lipinski definition) is 4. The maximum absolute atomic E-state index is 12.3. The Hall–Kier alpha value is -2.90. The third-order valence-corrected chi connectivity index (χ3v) is 3.38.